The number of hydrogen-bond acceptors (Lipinski definition) is 4. The molecule has 1 N–H and O–H groups in total. The molecule has 9 heteroatoms. The normalized spacial score (nSPS) is 21.0. The van der Waals surface area contributed by atoms with Crippen LogP contribution >= 0.6 is 58.8 Å². The Morgan fingerprint density at radius 1 is 1.06 bits per heavy atom. The fraction of sp³-hybridized carbons (Fsp3) is 0.364. The standard InChI is InChI=1S/C22H23Cl3N4O.HI/c1-14-20(22(30)26-13-28-10-2-3-11-28)27-29(19-9-8-17(24)12-18(19)25)21(14)15-4-6-16(23)7-5-15;/h4-9,12,14,21H,2-3,10-11,13H2,1H3,(H,26,30);1H. The second kappa shape index (κ2) is 10.7. The molecule has 2 heterocycles. The second-order valence-electron chi connectivity index (χ2n) is 7.70. The highest BCUT2D eigenvalue weighted by Crippen LogP contribution is 2.42. The number of carbonyl (C=O) groups excluding carboxylic acids is 1. The van der Waals surface area contributed by atoms with Crippen LogP contribution < -0.4 is 10.3 Å². The summed E-state index contributed by atoms with van der Waals surface area (Å²) in [5.41, 5.74) is 2.19. The van der Waals surface area contributed by atoms with Crippen LogP contribution in [0.5, 0.6) is 0 Å². The van der Waals surface area contributed by atoms with Crippen molar-refractivity contribution < 1.29 is 4.79 Å². The van der Waals surface area contributed by atoms with Crippen molar-refractivity contribution in [2.45, 2.75) is 25.8 Å². The molecule has 0 aliphatic carbocycles. The second-order valence-corrected chi connectivity index (χ2v) is 8.98. The first-order chi connectivity index (χ1) is 14.4. The topological polar surface area (TPSA) is 47.9 Å². The molecule has 0 bridgehead atoms. The van der Waals surface area contributed by atoms with E-state index >= 15 is 0 Å². The van der Waals surface area contributed by atoms with Gasteiger partial charge in [0.25, 0.3) is 5.91 Å². The number of hydrogen-bond donors (Lipinski definition) is 1. The van der Waals surface area contributed by atoms with Crippen LogP contribution in [-0.2, 0) is 4.79 Å². The molecular formula is C22H24Cl3IN4O. The van der Waals surface area contributed by atoms with Crippen molar-refractivity contribution in [1.29, 1.82) is 0 Å². The zero-order valence-electron chi connectivity index (χ0n) is 17.0. The molecule has 2 aliphatic heterocycles. The molecule has 1 amide bonds. The number of hydrazone groups is 1. The van der Waals surface area contributed by atoms with Gasteiger partial charge in [0.2, 0.25) is 0 Å². The maximum atomic E-state index is 13.0. The maximum Gasteiger partial charge on any atom is 0.268 e. The number of nitrogens with zero attached hydrogens (tertiary/aromatic N) is 3. The molecule has 166 valence electrons. The van der Waals surface area contributed by atoms with Gasteiger partial charge in [-0.25, -0.2) is 0 Å². The first-order valence-electron chi connectivity index (χ1n) is 10.0. The number of anilines is 1. The first kappa shape index (κ1) is 24.6. The van der Waals surface area contributed by atoms with Crippen LogP contribution in [0.4, 0.5) is 5.69 Å². The van der Waals surface area contributed by atoms with Crippen LogP contribution in [0.2, 0.25) is 15.1 Å². The molecule has 2 aliphatic rings. The summed E-state index contributed by atoms with van der Waals surface area (Å²) in [7, 11) is 0. The lowest BCUT2D eigenvalue weighted by Gasteiger charge is -2.27. The van der Waals surface area contributed by atoms with Gasteiger partial charge in [-0.05, 0) is 61.8 Å². The smallest absolute Gasteiger partial charge is 0.268 e. The summed E-state index contributed by atoms with van der Waals surface area (Å²) in [6.07, 6.45) is 2.35. The van der Waals surface area contributed by atoms with Crippen LogP contribution in [0, 0.1) is 5.92 Å². The number of carbonyl (C=O) groups is 1. The highest BCUT2D eigenvalue weighted by Gasteiger charge is 2.40. The fourth-order valence-electron chi connectivity index (χ4n) is 4.06. The predicted molar refractivity (Wildman–Crippen MR) is 139 cm³/mol. The minimum Gasteiger partial charge on any atom is -0.338 e. The lowest BCUT2D eigenvalue weighted by Crippen LogP contribution is -2.40. The molecule has 0 aromatic heterocycles. The lowest BCUT2D eigenvalue weighted by atomic mass is 9.91. The van der Waals surface area contributed by atoms with Crippen molar-refractivity contribution in [3.8, 4) is 0 Å². The molecule has 31 heavy (non-hydrogen) atoms. The maximum absolute atomic E-state index is 13.0. The minimum atomic E-state index is -0.187. The Bertz CT molecular complexity index is 964. The average Bonchev–Trinajstić information content (AvgIpc) is 3.35. The highest BCUT2D eigenvalue weighted by atomic mass is 127. The SMILES string of the molecule is CC1C(C(=O)NCN2CCCC2)=NN(c2ccc(Cl)cc2Cl)C1c1ccc(Cl)cc1.I. The molecule has 2 atom stereocenters. The van der Waals surface area contributed by atoms with E-state index in [1.54, 1.807) is 12.1 Å². The van der Waals surface area contributed by atoms with Gasteiger partial charge in [0.1, 0.15) is 5.71 Å². The Morgan fingerprint density at radius 3 is 2.35 bits per heavy atom. The molecule has 2 aromatic carbocycles. The van der Waals surface area contributed by atoms with Crippen molar-refractivity contribution in [3.05, 3.63) is 63.1 Å². The number of nitrogens with one attached hydrogen (secondary N) is 1. The van der Waals surface area contributed by atoms with Gasteiger partial charge in [-0.3, -0.25) is 14.7 Å². The van der Waals surface area contributed by atoms with Gasteiger partial charge < -0.3 is 5.32 Å². The van der Waals surface area contributed by atoms with Crippen molar-refractivity contribution in [2.24, 2.45) is 11.0 Å². The Labute approximate surface area is 214 Å². The van der Waals surface area contributed by atoms with Crippen LogP contribution in [0.15, 0.2) is 47.6 Å². The largest absolute Gasteiger partial charge is 0.338 e. The van der Waals surface area contributed by atoms with Crippen molar-refractivity contribution in [2.75, 3.05) is 24.8 Å². The van der Waals surface area contributed by atoms with Crippen molar-refractivity contribution in [3.63, 3.8) is 0 Å². The van der Waals surface area contributed by atoms with E-state index in [9.17, 15) is 4.79 Å². The molecule has 2 unspecified atom stereocenters. The Morgan fingerprint density at radius 2 is 1.71 bits per heavy atom. The quantitative estimate of drug-likeness (QED) is 0.434. The summed E-state index contributed by atoms with van der Waals surface area (Å²) in [6, 6.07) is 12.7. The molecule has 0 saturated carbocycles. The molecule has 1 saturated heterocycles. The van der Waals surface area contributed by atoms with E-state index < -0.39 is 0 Å². The van der Waals surface area contributed by atoms with Gasteiger partial charge in [0, 0.05) is 16.0 Å². The zero-order chi connectivity index (χ0) is 21.3. The average molecular weight is 594 g/mol. The van der Waals surface area contributed by atoms with Gasteiger partial charge in [0.15, 0.2) is 0 Å². The number of halogens is 4. The van der Waals surface area contributed by atoms with Gasteiger partial charge in [-0.15, -0.1) is 24.0 Å². The third kappa shape index (κ3) is 5.47. The van der Waals surface area contributed by atoms with Gasteiger partial charge >= 0.3 is 0 Å². The first-order valence-corrected chi connectivity index (χ1v) is 11.2. The predicted octanol–water partition coefficient (Wildman–Crippen LogP) is 5.99. The summed E-state index contributed by atoms with van der Waals surface area (Å²) in [5.74, 6) is -0.294. The summed E-state index contributed by atoms with van der Waals surface area (Å²) in [4.78, 5) is 15.2. The minimum absolute atomic E-state index is 0. The summed E-state index contributed by atoms with van der Waals surface area (Å²) in [5, 5.41) is 11.2. The van der Waals surface area contributed by atoms with Crippen LogP contribution in [0.1, 0.15) is 31.4 Å². The molecule has 4 rings (SSSR count). The van der Waals surface area contributed by atoms with E-state index in [0.717, 1.165) is 18.7 Å². The fourth-order valence-corrected chi connectivity index (χ4v) is 4.68. The molecule has 1 fully saturated rings. The highest BCUT2D eigenvalue weighted by molar-refractivity contribution is 14.0. The van der Waals surface area contributed by atoms with Crippen molar-refractivity contribution >= 4 is 76.1 Å². The van der Waals surface area contributed by atoms with E-state index in [1.165, 1.54) is 12.8 Å². The van der Waals surface area contributed by atoms with Crippen molar-refractivity contribution in [1.82, 2.24) is 10.2 Å². The van der Waals surface area contributed by atoms with Gasteiger partial charge in [-0.2, -0.15) is 5.10 Å². The molecule has 2 aromatic rings. The summed E-state index contributed by atoms with van der Waals surface area (Å²) >= 11 is 18.7. The molecule has 5 nitrogen and oxygen atoms in total. The summed E-state index contributed by atoms with van der Waals surface area (Å²) in [6.45, 7) is 4.58. The van der Waals surface area contributed by atoms with Crippen LogP contribution in [0.25, 0.3) is 0 Å². The van der Waals surface area contributed by atoms with E-state index in [-0.39, 0.29) is 41.8 Å². The lowest BCUT2D eigenvalue weighted by molar-refractivity contribution is -0.115. The molecular weight excluding hydrogens is 570 g/mol. The molecule has 0 spiro atoms. The Balaban J connectivity index is 0.00000272. The third-order valence-electron chi connectivity index (χ3n) is 5.65. The van der Waals surface area contributed by atoms with Gasteiger partial charge in [0.05, 0.1) is 23.4 Å². The summed E-state index contributed by atoms with van der Waals surface area (Å²) < 4.78 is 0. The Hall–Kier alpha value is -1.06. The van der Waals surface area contributed by atoms with E-state index in [1.807, 2.05) is 42.3 Å². The Kier molecular flexibility index (Phi) is 8.49. The van der Waals surface area contributed by atoms with Gasteiger partial charge in [-0.1, -0.05) is 53.9 Å². The van der Waals surface area contributed by atoms with Crippen LogP contribution in [0.3, 0.4) is 0 Å². The van der Waals surface area contributed by atoms with E-state index in [2.05, 4.69) is 10.2 Å². The number of benzene rings is 2. The zero-order valence-corrected chi connectivity index (χ0v) is 21.6. The van der Waals surface area contributed by atoms with E-state index in [4.69, 9.17) is 39.9 Å². The number of amides is 1. The number of rotatable bonds is 5. The number of likely N-dealkylation sites (tertiary alicyclic amines) is 1. The third-order valence-corrected chi connectivity index (χ3v) is 6.44. The van der Waals surface area contributed by atoms with E-state index in [0.29, 0.717) is 33.1 Å². The van der Waals surface area contributed by atoms with Crippen LogP contribution in [-0.4, -0.2) is 36.3 Å². The molecule has 0 radical (unpaired) electrons. The monoisotopic (exact) mass is 592 g/mol.